The molecule has 0 spiro atoms. The van der Waals surface area contributed by atoms with Gasteiger partial charge in [0.2, 0.25) is 0 Å². The number of urea groups is 1. The van der Waals surface area contributed by atoms with Gasteiger partial charge in [0.1, 0.15) is 9.84 Å². The van der Waals surface area contributed by atoms with Gasteiger partial charge >= 0.3 is 12.0 Å². The Morgan fingerprint density at radius 2 is 1.82 bits per heavy atom. The Labute approximate surface area is 98.9 Å². The van der Waals surface area contributed by atoms with Crippen molar-refractivity contribution in [2.24, 2.45) is 0 Å². The van der Waals surface area contributed by atoms with Crippen LogP contribution in [-0.2, 0) is 14.6 Å². The van der Waals surface area contributed by atoms with Crippen molar-refractivity contribution in [1.82, 2.24) is 10.6 Å². The average molecular weight is 268 g/mol. The molecule has 0 aliphatic carbocycles. The quantitative estimate of drug-likeness (QED) is 0.447. The van der Waals surface area contributed by atoms with Gasteiger partial charge < -0.3 is 20.8 Å². The molecule has 9 heteroatoms. The second-order valence-corrected chi connectivity index (χ2v) is 5.87. The molecule has 0 saturated carbocycles. The summed E-state index contributed by atoms with van der Waals surface area (Å²) in [5.41, 5.74) is 0. The number of aliphatic hydroxyl groups is 1. The number of carbonyl (C=O) groups is 2. The van der Waals surface area contributed by atoms with Crippen molar-refractivity contribution in [3.63, 3.8) is 0 Å². The van der Waals surface area contributed by atoms with E-state index in [1.807, 2.05) is 5.32 Å². The molecule has 0 aromatic heterocycles. The van der Waals surface area contributed by atoms with Crippen LogP contribution in [0.5, 0.6) is 0 Å². The molecule has 0 saturated heterocycles. The first kappa shape index (κ1) is 15.7. The second kappa shape index (κ2) is 6.40. The molecule has 0 aliphatic rings. The molecule has 0 aliphatic heterocycles. The summed E-state index contributed by atoms with van der Waals surface area (Å²) in [7, 11) is -3.23. The van der Waals surface area contributed by atoms with E-state index in [1.54, 1.807) is 0 Å². The Morgan fingerprint density at radius 3 is 2.18 bits per heavy atom. The van der Waals surface area contributed by atoms with E-state index in [0.717, 1.165) is 6.26 Å². The van der Waals surface area contributed by atoms with Gasteiger partial charge in [-0.15, -0.1) is 0 Å². The lowest BCUT2D eigenvalue weighted by atomic mass is 10.3. The predicted octanol–water partition coefficient (Wildman–Crippen LogP) is -1.84. The maximum Gasteiger partial charge on any atom is 0.328 e. The fourth-order valence-corrected chi connectivity index (χ4v) is 2.10. The maximum atomic E-state index is 11.2. The Morgan fingerprint density at radius 1 is 1.29 bits per heavy atom. The molecule has 0 aromatic carbocycles. The van der Waals surface area contributed by atoms with Crippen molar-refractivity contribution in [3.8, 4) is 0 Å². The summed E-state index contributed by atoms with van der Waals surface area (Å²) in [5.74, 6) is -1.63. The van der Waals surface area contributed by atoms with Crippen LogP contribution >= 0.6 is 0 Å². The van der Waals surface area contributed by atoms with E-state index >= 15 is 0 Å². The zero-order valence-electron chi connectivity index (χ0n) is 9.50. The van der Waals surface area contributed by atoms with Crippen LogP contribution in [0, 0.1) is 0 Å². The Kier molecular flexibility index (Phi) is 5.89. The number of carboxylic acid groups (broad SMARTS) is 1. The minimum Gasteiger partial charge on any atom is -0.480 e. The summed E-state index contributed by atoms with van der Waals surface area (Å²) in [6.07, 6.45) is 1.02. The SMILES string of the molecule is CC(CS(C)(=O)=O)NC(=O)N[C@H](CO)C(=O)O. The molecule has 0 radical (unpaired) electrons. The predicted molar refractivity (Wildman–Crippen MR) is 59.3 cm³/mol. The standard InChI is InChI=1S/C8H16N2O6S/c1-5(4-17(2,15)16)9-8(14)10-6(3-11)7(12)13/h5-6,11H,3-4H2,1-2H3,(H,12,13)(H2,9,10,14)/t5?,6-/m1/s1. The minimum atomic E-state index is -3.23. The van der Waals surface area contributed by atoms with Crippen molar-refractivity contribution in [3.05, 3.63) is 0 Å². The summed E-state index contributed by atoms with van der Waals surface area (Å²) in [6, 6.07) is -2.92. The van der Waals surface area contributed by atoms with Crippen LogP contribution in [0.1, 0.15) is 6.92 Å². The van der Waals surface area contributed by atoms with Crippen molar-refractivity contribution in [1.29, 1.82) is 0 Å². The van der Waals surface area contributed by atoms with Gasteiger partial charge in [0.25, 0.3) is 0 Å². The van der Waals surface area contributed by atoms with E-state index in [1.165, 1.54) is 6.92 Å². The Bertz CT molecular complexity index is 379. The van der Waals surface area contributed by atoms with E-state index < -0.39 is 40.5 Å². The fraction of sp³-hybridized carbons (Fsp3) is 0.750. The number of aliphatic carboxylic acids is 1. The third-order valence-corrected chi connectivity index (χ3v) is 2.82. The van der Waals surface area contributed by atoms with Crippen LogP contribution in [0.3, 0.4) is 0 Å². The topological polar surface area (TPSA) is 133 Å². The average Bonchev–Trinajstić information content (AvgIpc) is 2.09. The first-order valence-corrected chi connectivity index (χ1v) is 6.80. The first-order chi connectivity index (χ1) is 7.65. The molecular formula is C8H16N2O6S. The number of sulfone groups is 1. The Hall–Kier alpha value is -1.35. The van der Waals surface area contributed by atoms with Crippen LogP contribution < -0.4 is 10.6 Å². The van der Waals surface area contributed by atoms with E-state index in [9.17, 15) is 18.0 Å². The normalized spacial score (nSPS) is 14.8. The molecule has 8 nitrogen and oxygen atoms in total. The van der Waals surface area contributed by atoms with Crippen LogP contribution in [0.4, 0.5) is 4.79 Å². The third kappa shape index (κ3) is 7.53. The van der Waals surface area contributed by atoms with Gasteiger partial charge in [-0.1, -0.05) is 0 Å². The lowest BCUT2D eigenvalue weighted by molar-refractivity contribution is -0.140. The van der Waals surface area contributed by atoms with Gasteiger partial charge in [-0.2, -0.15) is 0 Å². The molecule has 0 heterocycles. The molecule has 2 amide bonds. The van der Waals surface area contributed by atoms with Gasteiger partial charge in [-0.25, -0.2) is 18.0 Å². The van der Waals surface area contributed by atoms with Crippen molar-refractivity contribution in [2.45, 2.75) is 19.0 Å². The molecular weight excluding hydrogens is 252 g/mol. The molecule has 17 heavy (non-hydrogen) atoms. The minimum absolute atomic E-state index is 0.253. The molecule has 100 valence electrons. The maximum absolute atomic E-state index is 11.2. The monoisotopic (exact) mass is 268 g/mol. The number of hydrogen-bond donors (Lipinski definition) is 4. The summed E-state index contributed by atoms with van der Waals surface area (Å²) in [6.45, 7) is 0.721. The molecule has 2 atom stereocenters. The summed E-state index contributed by atoms with van der Waals surface area (Å²) < 4.78 is 21.8. The highest BCUT2D eigenvalue weighted by molar-refractivity contribution is 7.90. The van der Waals surface area contributed by atoms with Gasteiger partial charge in [0.05, 0.1) is 12.4 Å². The van der Waals surface area contributed by atoms with Crippen LogP contribution in [0.25, 0.3) is 0 Å². The first-order valence-electron chi connectivity index (χ1n) is 4.74. The lowest BCUT2D eigenvalue weighted by Crippen LogP contribution is -2.51. The fourth-order valence-electron chi connectivity index (χ4n) is 1.10. The number of rotatable bonds is 6. The number of carbonyl (C=O) groups excluding carboxylic acids is 1. The summed E-state index contributed by atoms with van der Waals surface area (Å²) in [4.78, 5) is 21.7. The molecule has 4 N–H and O–H groups in total. The summed E-state index contributed by atoms with van der Waals surface area (Å²) >= 11 is 0. The number of nitrogens with one attached hydrogen (secondary N) is 2. The lowest BCUT2D eigenvalue weighted by Gasteiger charge is -2.16. The largest absolute Gasteiger partial charge is 0.480 e. The highest BCUT2D eigenvalue weighted by Gasteiger charge is 2.20. The number of hydrogen-bond acceptors (Lipinski definition) is 5. The number of amides is 2. The molecule has 0 fully saturated rings. The molecule has 0 bridgehead atoms. The van der Waals surface area contributed by atoms with Crippen molar-refractivity contribution < 1.29 is 28.2 Å². The highest BCUT2D eigenvalue weighted by Crippen LogP contribution is 1.90. The van der Waals surface area contributed by atoms with Crippen LogP contribution in [-0.4, -0.2) is 61.3 Å². The van der Waals surface area contributed by atoms with Gasteiger partial charge in [0.15, 0.2) is 6.04 Å². The smallest absolute Gasteiger partial charge is 0.328 e. The van der Waals surface area contributed by atoms with Gasteiger partial charge in [-0.3, -0.25) is 0 Å². The van der Waals surface area contributed by atoms with Crippen LogP contribution in [0.2, 0.25) is 0 Å². The van der Waals surface area contributed by atoms with Crippen molar-refractivity contribution >= 4 is 21.8 Å². The van der Waals surface area contributed by atoms with Crippen molar-refractivity contribution in [2.75, 3.05) is 18.6 Å². The zero-order chi connectivity index (χ0) is 13.6. The van der Waals surface area contributed by atoms with E-state index in [-0.39, 0.29) is 5.75 Å². The van der Waals surface area contributed by atoms with E-state index in [0.29, 0.717) is 0 Å². The van der Waals surface area contributed by atoms with Crippen LogP contribution in [0.15, 0.2) is 0 Å². The van der Waals surface area contributed by atoms with Gasteiger partial charge in [-0.05, 0) is 6.92 Å². The van der Waals surface area contributed by atoms with Gasteiger partial charge in [0, 0.05) is 12.3 Å². The third-order valence-electron chi connectivity index (χ3n) is 1.72. The number of carboxylic acids is 1. The zero-order valence-corrected chi connectivity index (χ0v) is 10.3. The highest BCUT2D eigenvalue weighted by atomic mass is 32.2. The molecule has 0 rings (SSSR count). The molecule has 0 aromatic rings. The number of aliphatic hydroxyl groups excluding tert-OH is 1. The van der Waals surface area contributed by atoms with E-state index in [4.69, 9.17) is 10.2 Å². The summed E-state index contributed by atoms with van der Waals surface area (Å²) in [5, 5.41) is 21.4. The molecule has 1 unspecified atom stereocenters. The van der Waals surface area contributed by atoms with E-state index in [2.05, 4.69) is 5.32 Å². The second-order valence-electron chi connectivity index (χ2n) is 3.68. The Balaban J connectivity index is 4.22.